The van der Waals surface area contributed by atoms with Crippen LogP contribution in [0, 0.1) is 6.92 Å². The zero-order chi connectivity index (χ0) is 18.8. The minimum absolute atomic E-state index is 0. The van der Waals surface area contributed by atoms with Crippen LogP contribution in [-0.4, -0.2) is 30.4 Å². The summed E-state index contributed by atoms with van der Waals surface area (Å²) in [6, 6.07) is 7.85. The Morgan fingerprint density at radius 2 is 2.11 bits per heavy atom. The van der Waals surface area contributed by atoms with Crippen LogP contribution in [-0.2, 0) is 17.8 Å². The first-order valence-electron chi connectivity index (χ1n) is 8.85. The van der Waals surface area contributed by atoms with Crippen molar-refractivity contribution >= 4 is 52.9 Å². The summed E-state index contributed by atoms with van der Waals surface area (Å²) in [5.41, 5.74) is 1.91. The van der Waals surface area contributed by atoms with E-state index in [1.807, 2.05) is 37.4 Å². The van der Waals surface area contributed by atoms with Crippen LogP contribution >= 0.6 is 35.3 Å². The van der Waals surface area contributed by atoms with Crippen LogP contribution in [0.4, 0.5) is 5.69 Å². The monoisotopic (exact) mass is 501 g/mol. The largest absolute Gasteiger partial charge is 0.356 e. The van der Waals surface area contributed by atoms with Crippen molar-refractivity contribution in [1.82, 2.24) is 15.6 Å². The van der Waals surface area contributed by atoms with E-state index in [0.717, 1.165) is 41.6 Å². The number of nitrogens with zero attached hydrogens (tertiary/aromatic N) is 2. The second-order valence-electron chi connectivity index (χ2n) is 5.97. The molecule has 0 aliphatic rings. The molecule has 8 heteroatoms. The third kappa shape index (κ3) is 8.70. The quantitative estimate of drug-likeness (QED) is 0.293. The van der Waals surface area contributed by atoms with Crippen LogP contribution in [0.15, 0.2) is 35.5 Å². The third-order valence-electron chi connectivity index (χ3n) is 3.67. The first kappa shape index (κ1) is 23.4. The fourth-order valence-electron chi connectivity index (χ4n) is 2.42. The van der Waals surface area contributed by atoms with Gasteiger partial charge in [-0.3, -0.25) is 9.79 Å². The first-order chi connectivity index (χ1) is 12.6. The van der Waals surface area contributed by atoms with E-state index >= 15 is 0 Å². The molecule has 6 nitrogen and oxygen atoms in total. The molecule has 1 aromatic carbocycles. The van der Waals surface area contributed by atoms with E-state index in [1.54, 1.807) is 18.4 Å². The summed E-state index contributed by atoms with van der Waals surface area (Å²) < 4.78 is 0. The van der Waals surface area contributed by atoms with E-state index in [1.165, 1.54) is 4.88 Å². The Morgan fingerprint density at radius 3 is 2.78 bits per heavy atom. The predicted octanol–water partition coefficient (Wildman–Crippen LogP) is 3.72. The zero-order valence-electron chi connectivity index (χ0n) is 16.0. The lowest BCUT2D eigenvalue weighted by molar-refractivity contribution is -0.116. The molecule has 3 N–H and O–H groups in total. The van der Waals surface area contributed by atoms with E-state index < -0.39 is 0 Å². The number of aliphatic imine (C=N–C) groups is 1. The molecule has 1 heterocycles. The normalized spacial score (nSPS) is 10.9. The van der Waals surface area contributed by atoms with E-state index in [9.17, 15) is 4.79 Å². The summed E-state index contributed by atoms with van der Waals surface area (Å²) in [4.78, 5) is 21.5. The van der Waals surface area contributed by atoms with Gasteiger partial charge < -0.3 is 16.0 Å². The van der Waals surface area contributed by atoms with Gasteiger partial charge in [-0.25, -0.2) is 4.98 Å². The van der Waals surface area contributed by atoms with Crippen molar-refractivity contribution in [2.45, 2.75) is 39.7 Å². The molecule has 1 amide bonds. The van der Waals surface area contributed by atoms with Gasteiger partial charge in [-0.05, 0) is 31.0 Å². The maximum atomic E-state index is 11.7. The summed E-state index contributed by atoms with van der Waals surface area (Å²) in [5, 5.41) is 10.6. The molecule has 0 radical (unpaired) electrons. The number of nitrogens with one attached hydrogen (secondary N) is 3. The Bertz CT molecular complexity index is 747. The van der Waals surface area contributed by atoms with Gasteiger partial charge in [0.1, 0.15) is 0 Å². The molecule has 0 saturated carbocycles. The number of carbonyl (C=O) groups is 1. The van der Waals surface area contributed by atoms with Crippen LogP contribution < -0.4 is 16.0 Å². The van der Waals surface area contributed by atoms with E-state index in [0.29, 0.717) is 13.0 Å². The molecule has 148 valence electrons. The lowest BCUT2D eigenvalue weighted by Crippen LogP contribution is -2.37. The number of carbonyl (C=O) groups excluding carboxylic acids is 1. The fraction of sp³-hybridized carbons (Fsp3) is 0.421. The lowest BCUT2D eigenvalue weighted by Gasteiger charge is -2.12. The minimum Gasteiger partial charge on any atom is -0.356 e. The summed E-state index contributed by atoms with van der Waals surface area (Å²) in [7, 11) is 1.75. The highest BCUT2D eigenvalue weighted by Crippen LogP contribution is 2.12. The number of guanidine groups is 1. The van der Waals surface area contributed by atoms with Crippen molar-refractivity contribution in [3.05, 3.63) is 45.9 Å². The van der Waals surface area contributed by atoms with Crippen molar-refractivity contribution in [3.63, 3.8) is 0 Å². The van der Waals surface area contributed by atoms with Crippen molar-refractivity contribution < 1.29 is 4.79 Å². The van der Waals surface area contributed by atoms with Gasteiger partial charge in [0.25, 0.3) is 0 Å². The summed E-state index contributed by atoms with van der Waals surface area (Å²) in [5.74, 6) is 0.797. The SMILES string of the molecule is CCCC(=O)Nc1cccc(CNC(=NC)NCCc2ncc(C)s2)c1.I. The Kier molecular flexibility index (Phi) is 11.0. The van der Waals surface area contributed by atoms with Crippen molar-refractivity contribution in [2.75, 3.05) is 18.9 Å². The predicted molar refractivity (Wildman–Crippen MR) is 124 cm³/mol. The van der Waals surface area contributed by atoms with Gasteiger partial charge in [0.05, 0.1) is 5.01 Å². The minimum atomic E-state index is 0. The van der Waals surface area contributed by atoms with Gasteiger partial charge in [-0.15, -0.1) is 35.3 Å². The number of thiazole rings is 1. The Hall–Kier alpha value is -1.68. The standard InChI is InChI=1S/C19H27N5OS.HI/c1-4-6-17(25)24-16-8-5-7-15(11-16)13-23-19(20-3)21-10-9-18-22-12-14(2)26-18;/h5,7-8,11-12H,4,6,9-10,13H2,1-3H3,(H,24,25)(H2,20,21,23);1H. The molecule has 27 heavy (non-hydrogen) atoms. The van der Waals surface area contributed by atoms with Crippen LogP contribution in [0.2, 0.25) is 0 Å². The van der Waals surface area contributed by atoms with Crippen molar-refractivity contribution in [3.8, 4) is 0 Å². The molecular formula is C19H28IN5OS. The molecule has 0 spiro atoms. The van der Waals surface area contributed by atoms with E-state index in [2.05, 4.69) is 32.9 Å². The lowest BCUT2D eigenvalue weighted by atomic mass is 10.2. The molecule has 0 fully saturated rings. The Morgan fingerprint density at radius 1 is 1.30 bits per heavy atom. The van der Waals surface area contributed by atoms with Crippen molar-refractivity contribution in [1.29, 1.82) is 0 Å². The average molecular weight is 501 g/mol. The smallest absolute Gasteiger partial charge is 0.224 e. The van der Waals surface area contributed by atoms with Gasteiger partial charge in [-0.1, -0.05) is 19.1 Å². The van der Waals surface area contributed by atoms with Crippen LogP contribution in [0.1, 0.15) is 35.2 Å². The molecule has 1 aromatic heterocycles. The Balaban J connectivity index is 0.00000364. The maximum Gasteiger partial charge on any atom is 0.224 e. The molecule has 0 aliphatic carbocycles. The molecule has 0 saturated heterocycles. The number of anilines is 1. The summed E-state index contributed by atoms with van der Waals surface area (Å²) in [6.07, 6.45) is 4.16. The second kappa shape index (κ2) is 12.7. The van der Waals surface area contributed by atoms with Gasteiger partial charge >= 0.3 is 0 Å². The van der Waals surface area contributed by atoms with Gasteiger partial charge in [-0.2, -0.15) is 0 Å². The highest BCUT2D eigenvalue weighted by atomic mass is 127. The number of hydrogen-bond acceptors (Lipinski definition) is 4. The molecule has 0 aliphatic heterocycles. The number of hydrogen-bond donors (Lipinski definition) is 3. The summed E-state index contributed by atoms with van der Waals surface area (Å²) in [6.45, 7) is 5.47. The van der Waals surface area contributed by atoms with Crippen LogP contribution in [0.3, 0.4) is 0 Å². The molecule has 0 atom stereocenters. The van der Waals surface area contributed by atoms with E-state index in [-0.39, 0.29) is 29.9 Å². The highest BCUT2D eigenvalue weighted by Gasteiger charge is 2.04. The maximum absolute atomic E-state index is 11.7. The van der Waals surface area contributed by atoms with Crippen LogP contribution in [0.5, 0.6) is 0 Å². The third-order valence-corrected chi connectivity index (χ3v) is 4.64. The molecule has 0 bridgehead atoms. The molecule has 0 unspecified atom stereocenters. The van der Waals surface area contributed by atoms with Crippen molar-refractivity contribution in [2.24, 2.45) is 4.99 Å². The summed E-state index contributed by atoms with van der Waals surface area (Å²) >= 11 is 1.72. The highest BCUT2D eigenvalue weighted by molar-refractivity contribution is 14.0. The first-order valence-corrected chi connectivity index (χ1v) is 9.67. The fourth-order valence-corrected chi connectivity index (χ4v) is 3.21. The number of aryl methyl sites for hydroxylation is 1. The number of amides is 1. The number of halogens is 1. The number of rotatable bonds is 8. The van der Waals surface area contributed by atoms with E-state index in [4.69, 9.17) is 0 Å². The molecular weight excluding hydrogens is 473 g/mol. The van der Waals surface area contributed by atoms with Gasteiger partial charge in [0, 0.05) is 49.7 Å². The average Bonchev–Trinajstić information content (AvgIpc) is 3.03. The molecule has 2 aromatic rings. The van der Waals surface area contributed by atoms with Gasteiger partial charge in [0.2, 0.25) is 5.91 Å². The number of benzene rings is 1. The van der Waals surface area contributed by atoms with Crippen LogP contribution in [0.25, 0.3) is 0 Å². The second-order valence-corrected chi connectivity index (χ2v) is 7.29. The molecule has 2 rings (SSSR count). The topological polar surface area (TPSA) is 78.4 Å². The number of aromatic nitrogens is 1. The van der Waals surface area contributed by atoms with Gasteiger partial charge in [0.15, 0.2) is 5.96 Å². The Labute approximate surface area is 182 Å². The zero-order valence-corrected chi connectivity index (χ0v) is 19.2.